The molecule has 0 amide bonds. The van der Waals surface area contributed by atoms with Gasteiger partial charge in [0.05, 0.1) is 5.02 Å². The first-order valence-electron chi connectivity index (χ1n) is 6.88. The third-order valence-corrected chi connectivity index (χ3v) is 5.65. The van der Waals surface area contributed by atoms with E-state index in [2.05, 4.69) is 0 Å². The summed E-state index contributed by atoms with van der Waals surface area (Å²) in [7, 11) is -3.58. The first-order chi connectivity index (χ1) is 9.43. The van der Waals surface area contributed by atoms with Gasteiger partial charge >= 0.3 is 0 Å². The first-order valence-corrected chi connectivity index (χ1v) is 9.08. The molecule has 0 heterocycles. The van der Waals surface area contributed by atoms with Crippen molar-refractivity contribution in [2.45, 2.75) is 44.4 Å². The summed E-state index contributed by atoms with van der Waals surface area (Å²) in [6, 6.07) is 4.53. The normalized spacial score (nSPS) is 12.1. The smallest absolute Gasteiger partial charge is 0.207 e. The van der Waals surface area contributed by atoms with Gasteiger partial charge in [-0.2, -0.15) is 4.31 Å². The van der Waals surface area contributed by atoms with Crippen LogP contribution in [0.1, 0.15) is 39.5 Å². The molecule has 1 rings (SSSR count). The van der Waals surface area contributed by atoms with Crippen LogP contribution < -0.4 is 0 Å². The number of benzene rings is 1. The SMILES string of the molecule is CCCCN(CCCC)S(=O)(=O)c1cc(Cl)ccc1Cl. The molecule has 0 aliphatic rings. The van der Waals surface area contributed by atoms with Crippen molar-refractivity contribution in [1.82, 2.24) is 4.31 Å². The maximum absolute atomic E-state index is 12.7. The maximum atomic E-state index is 12.7. The molecule has 1 aromatic carbocycles. The Balaban J connectivity index is 3.10. The second kappa shape index (κ2) is 8.23. The Morgan fingerprint density at radius 2 is 1.60 bits per heavy atom. The minimum atomic E-state index is -3.58. The molecule has 1 aromatic rings. The third-order valence-electron chi connectivity index (χ3n) is 3.03. The van der Waals surface area contributed by atoms with E-state index in [1.165, 1.54) is 16.4 Å². The predicted molar refractivity (Wildman–Crippen MR) is 85.0 cm³/mol. The summed E-state index contributed by atoms with van der Waals surface area (Å²) < 4.78 is 26.9. The van der Waals surface area contributed by atoms with Crippen LogP contribution in [0.2, 0.25) is 10.0 Å². The van der Waals surface area contributed by atoms with E-state index >= 15 is 0 Å². The molecule has 114 valence electrons. The van der Waals surface area contributed by atoms with Gasteiger partial charge in [0, 0.05) is 18.1 Å². The highest BCUT2D eigenvalue weighted by Gasteiger charge is 2.26. The van der Waals surface area contributed by atoms with Gasteiger partial charge in [-0.15, -0.1) is 0 Å². The summed E-state index contributed by atoms with van der Waals surface area (Å²) in [6.07, 6.45) is 3.56. The van der Waals surface area contributed by atoms with Crippen LogP contribution in [0.5, 0.6) is 0 Å². The van der Waals surface area contributed by atoms with Crippen molar-refractivity contribution in [3.63, 3.8) is 0 Å². The summed E-state index contributed by atoms with van der Waals surface area (Å²) in [6.45, 7) is 5.11. The van der Waals surface area contributed by atoms with Gasteiger partial charge in [-0.05, 0) is 31.0 Å². The van der Waals surface area contributed by atoms with Crippen LogP contribution in [0.3, 0.4) is 0 Å². The average molecular weight is 338 g/mol. The highest BCUT2D eigenvalue weighted by Crippen LogP contribution is 2.28. The molecule has 0 aromatic heterocycles. The first kappa shape index (κ1) is 17.8. The Labute approximate surface area is 131 Å². The number of unbranched alkanes of at least 4 members (excludes halogenated alkanes) is 2. The third kappa shape index (κ3) is 4.62. The maximum Gasteiger partial charge on any atom is 0.244 e. The summed E-state index contributed by atoms with van der Waals surface area (Å²) in [5.41, 5.74) is 0. The number of nitrogens with zero attached hydrogens (tertiary/aromatic N) is 1. The van der Waals surface area contributed by atoms with E-state index in [1.54, 1.807) is 6.07 Å². The zero-order valence-corrected chi connectivity index (χ0v) is 14.2. The summed E-state index contributed by atoms with van der Waals surface area (Å²) in [4.78, 5) is 0.0962. The number of sulfonamides is 1. The number of rotatable bonds is 8. The molecule has 3 nitrogen and oxygen atoms in total. The van der Waals surface area contributed by atoms with Crippen molar-refractivity contribution in [1.29, 1.82) is 0 Å². The van der Waals surface area contributed by atoms with Gasteiger partial charge in [-0.25, -0.2) is 8.42 Å². The minimum absolute atomic E-state index is 0.0962. The van der Waals surface area contributed by atoms with E-state index in [0.29, 0.717) is 18.1 Å². The van der Waals surface area contributed by atoms with Crippen molar-refractivity contribution in [3.05, 3.63) is 28.2 Å². The van der Waals surface area contributed by atoms with E-state index in [-0.39, 0.29) is 9.92 Å². The fourth-order valence-corrected chi connectivity index (χ4v) is 4.09. The largest absolute Gasteiger partial charge is 0.244 e. The fourth-order valence-electron chi connectivity index (χ4n) is 1.84. The molecule has 0 spiro atoms. The van der Waals surface area contributed by atoms with E-state index in [4.69, 9.17) is 23.2 Å². The molecule has 0 radical (unpaired) electrons. The predicted octanol–water partition coefficient (Wildman–Crippen LogP) is 4.58. The van der Waals surface area contributed by atoms with Crippen molar-refractivity contribution in [2.75, 3.05) is 13.1 Å². The lowest BCUT2D eigenvalue weighted by Gasteiger charge is -2.22. The number of hydrogen-bond acceptors (Lipinski definition) is 2. The molecular formula is C14H21Cl2NO2S. The van der Waals surface area contributed by atoms with Crippen LogP contribution in [0.15, 0.2) is 23.1 Å². The molecule has 0 N–H and O–H groups in total. The van der Waals surface area contributed by atoms with E-state index < -0.39 is 10.0 Å². The molecule has 0 unspecified atom stereocenters. The van der Waals surface area contributed by atoms with Crippen LogP contribution >= 0.6 is 23.2 Å². The van der Waals surface area contributed by atoms with E-state index in [1.807, 2.05) is 13.8 Å². The van der Waals surface area contributed by atoms with Crippen molar-refractivity contribution >= 4 is 33.2 Å². The number of halogens is 2. The van der Waals surface area contributed by atoms with Crippen LogP contribution in [0.4, 0.5) is 0 Å². The lowest BCUT2D eigenvalue weighted by molar-refractivity contribution is 0.395. The Bertz CT molecular complexity index is 524. The molecule has 0 saturated heterocycles. The summed E-state index contributed by atoms with van der Waals surface area (Å²) in [5.74, 6) is 0. The molecule has 0 saturated carbocycles. The second-order valence-corrected chi connectivity index (χ2v) is 7.44. The zero-order chi connectivity index (χ0) is 15.2. The second-order valence-electron chi connectivity index (χ2n) is 4.69. The minimum Gasteiger partial charge on any atom is -0.207 e. The zero-order valence-electron chi connectivity index (χ0n) is 11.9. The fraction of sp³-hybridized carbons (Fsp3) is 0.571. The van der Waals surface area contributed by atoms with Gasteiger partial charge < -0.3 is 0 Å². The highest BCUT2D eigenvalue weighted by atomic mass is 35.5. The average Bonchev–Trinajstić information content (AvgIpc) is 2.41. The van der Waals surface area contributed by atoms with Crippen LogP contribution in [0, 0.1) is 0 Å². The standard InChI is InChI=1S/C14H21Cl2NO2S/c1-3-5-9-17(10-6-4-2)20(18,19)14-11-12(15)7-8-13(14)16/h7-8,11H,3-6,9-10H2,1-2H3. The molecular weight excluding hydrogens is 317 g/mol. The van der Waals surface area contributed by atoms with Crippen molar-refractivity contribution in [3.8, 4) is 0 Å². The van der Waals surface area contributed by atoms with Gasteiger partial charge in [-0.1, -0.05) is 49.9 Å². The Kier molecular flexibility index (Phi) is 7.30. The lowest BCUT2D eigenvalue weighted by atomic mass is 10.3. The molecule has 20 heavy (non-hydrogen) atoms. The quantitative estimate of drug-likeness (QED) is 0.695. The van der Waals surface area contributed by atoms with Crippen LogP contribution in [0.25, 0.3) is 0 Å². The topological polar surface area (TPSA) is 37.4 Å². The van der Waals surface area contributed by atoms with Crippen molar-refractivity contribution in [2.24, 2.45) is 0 Å². The highest BCUT2D eigenvalue weighted by molar-refractivity contribution is 7.89. The van der Waals surface area contributed by atoms with Crippen LogP contribution in [-0.4, -0.2) is 25.8 Å². The molecule has 0 aliphatic heterocycles. The van der Waals surface area contributed by atoms with Crippen LogP contribution in [-0.2, 0) is 10.0 Å². The van der Waals surface area contributed by atoms with E-state index in [0.717, 1.165) is 25.7 Å². The van der Waals surface area contributed by atoms with Crippen molar-refractivity contribution < 1.29 is 8.42 Å². The molecule has 0 aliphatic carbocycles. The number of hydrogen-bond donors (Lipinski definition) is 0. The molecule has 6 heteroatoms. The lowest BCUT2D eigenvalue weighted by Crippen LogP contribution is -2.33. The Morgan fingerprint density at radius 1 is 1.05 bits per heavy atom. The Morgan fingerprint density at radius 3 is 2.10 bits per heavy atom. The van der Waals surface area contributed by atoms with Gasteiger partial charge in [0.25, 0.3) is 0 Å². The molecule has 0 bridgehead atoms. The molecule has 0 fully saturated rings. The Hall–Kier alpha value is -0.290. The van der Waals surface area contributed by atoms with Gasteiger partial charge in [-0.3, -0.25) is 0 Å². The van der Waals surface area contributed by atoms with E-state index in [9.17, 15) is 8.42 Å². The molecule has 0 atom stereocenters. The van der Waals surface area contributed by atoms with Gasteiger partial charge in [0.15, 0.2) is 0 Å². The van der Waals surface area contributed by atoms with Gasteiger partial charge in [0.1, 0.15) is 4.90 Å². The van der Waals surface area contributed by atoms with Gasteiger partial charge in [0.2, 0.25) is 10.0 Å². The monoisotopic (exact) mass is 337 g/mol. The summed E-state index contributed by atoms with van der Waals surface area (Å²) in [5, 5.41) is 0.589. The summed E-state index contributed by atoms with van der Waals surface area (Å²) >= 11 is 11.9.